The molecule has 1 fully saturated rings. The van der Waals surface area contributed by atoms with E-state index in [1.807, 2.05) is 24.3 Å². The molecule has 0 aliphatic heterocycles. The van der Waals surface area contributed by atoms with Crippen molar-refractivity contribution in [1.29, 1.82) is 0 Å². The van der Waals surface area contributed by atoms with E-state index in [-0.39, 0.29) is 0 Å². The predicted molar refractivity (Wildman–Crippen MR) is 115 cm³/mol. The molecule has 0 unspecified atom stereocenters. The van der Waals surface area contributed by atoms with Crippen LogP contribution in [0.3, 0.4) is 0 Å². The van der Waals surface area contributed by atoms with Gasteiger partial charge in [-0.15, -0.1) is 0 Å². The molecule has 6 heteroatoms. The standard InChI is InChI=1S/C25H22F3N3/c1-31-15-23(25(26,27)28)30-24(31)18-8-6-16(7-9-18)12-20-13-19(14-29-20)22-5-3-2-4-21(22)17-10-11-17/h2-9,13-15,17,29H,10-12H2,1H3. The third-order valence-corrected chi connectivity index (χ3v) is 5.81. The molecule has 1 aliphatic rings. The van der Waals surface area contributed by atoms with Gasteiger partial charge in [0.1, 0.15) is 5.82 Å². The van der Waals surface area contributed by atoms with Gasteiger partial charge in [-0.05, 0) is 47.1 Å². The van der Waals surface area contributed by atoms with Crippen molar-refractivity contribution >= 4 is 0 Å². The van der Waals surface area contributed by atoms with Crippen molar-refractivity contribution in [3.63, 3.8) is 0 Å². The van der Waals surface area contributed by atoms with Gasteiger partial charge in [0, 0.05) is 37.1 Å². The number of nitrogens with one attached hydrogen (secondary N) is 1. The fourth-order valence-electron chi connectivity index (χ4n) is 4.07. The third kappa shape index (κ3) is 4.02. The fraction of sp³-hybridized carbons (Fsp3) is 0.240. The summed E-state index contributed by atoms with van der Waals surface area (Å²) >= 11 is 0. The summed E-state index contributed by atoms with van der Waals surface area (Å²) in [6.07, 6.45) is 1.88. The smallest absolute Gasteiger partial charge is 0.364 e. The SMILES string of the molecule is Cn1cc(C(F)(F)F)nc1-c1ccc(Cc2cc(-c3ccccc3C3CC3)c[nH]2)cc1. The lowest BCUT2D eigenvalue weighted by molar-refractivity contribution is -0.140. The Bertz CT molecular complexity index is 1210. The molecular formula is C25H22F3N3. The van der Waals surface area contributed by atoms with Crippen LogP contribution in [0, 0.1) is 0 Å². The molecule has 3 nitrogen and oxygen atoms in total. The van der Waals surface area contributed by atoms with Crippen molar-refractivity contribution < 1.29 is 13.2 Å². The maximum Gasteiger partial charge on any atom is 0.434 e. The number of rotatable bonds is 5. The molecule has 2 aromatic heterocycles. The Balaban J connectivity index is 1.34. The minimum Gasteiger partial charge on any atom is -0.364 e. The van der Waals surface area contributed by atoms with Crippen molar-refractivity contribution in [3.8, 4) is 22.5 Å². The van der Waals surface area contributed by atoms with Gasteiger partial charge in [-0.1, -0.05) is 48.5 Å². The Hall–Kier alpha value is -3.28. The van der Waals surface area contributed by atoms with Crippen LogP contribution in [0.5, 0.6) is 0 Å². The Morgan fingerprint density at radius 1 is 1.03 bits per heavy atom. The van der Waals surface area contributed by atoms with Crippen LogP contribution < -0.4 is 0 Å². The number of nitrogens with zero attached hydrogens (tertiary/aromatic N) is 2. The number of aromatic amines is 1. The van der Waals surface area contributed by atoms with Crippen LogP contribution in [0.25, 0.3) is 22.5 Å². The number of halogens is 3. The normalized spacial score (nSPS) is 14.2. The molecule has 1 saturated carbocycles. The first-order valence-electron chi connectivity index (χ1n) is 10.3. The average molecular weight is 421 g/mol. The Kier molecular flexibility index (Phi) is 4.73. The lowest BCUT2D eigenvalue weighted by Crippen LogP contribution is -2.04. The molecule has 0 radical (unpaired) electrons. The summed E-state index contributed by atoms with van der Waals surface area (Å²) < 4.78 is 40.2. The van der Waals surface area contributed by atoms with E-state index in [0.29, 0.717) is 17.3 Å². The van der Waals surface area contributed by atoms with E-state index in [1.165, 1.54) is 34.1 Å². The van der Waals surface area contributed by atoms with Crippen molar-refractivity contribution in [3.05, 3.63) is 89.5 Å². The lowest BCUT2D eigenvalue weighted by atomic mass is 9.98. The maximum atomic E-state index is 12.9. The summed E-state index contributed by atoms with van der Waals surface area (Å²) in [5.41, 5.74) is 5.87. The fourth-order valence-corrected chi connectivity index (χ4v) is 4.07. The Labute approximate surface area is 178 Å². The molecule has 0 bridgehead atoms. The predicted octanol–water partition coefficient (Wildman–Crippen LogP) is 6.57. The summed E-state index contributed by atoms with van der Waals surface area (Å²) in [4.78, 5) is 7.13. The van der Waals surface area contributed by atoms with Crippen LogP contribution in [0.2, 0.25) is 0 Å². The van der Waals surface area contributed by atoms with E-state index in [4.69, 9.17) is 0 Å². The molecular weight excluding hydrogens is 399 g/mol. The molecule has 0 saturated heterocycles. The summed E-state index contributed by atoms with van der Waals surface area (Å²) in [7, 11) is 1.57. The van der Waals surface area contributed by atoms with Crippen LogP contribution in [0.1, 0.15) is 41.3 Å². The monoisotopic (exact) mass is 421 g/mol. The number of aryl methyl sites for hydroxylation is 1. The first-order chi connectivity index (χ1) is 14.9. The van der Waals surface area contributed by atoms with Gasteiger partial charge in [0.05, 0.1) is 0 Å². The van der Waals surface area contributed by atoms with Crippen LogP contribution in [-0.4, -0.2) is 14.5 Å². The minimum atomic E-state index is -4.45. The van der Waals surface area contributed by atoms with Crippen molar-refractivity contribution in [2.75, 3.05) is 0 Å². The highest BCUT2D eigenvalue weighted by molar-refractivity contribution is 5.69. The molecule has 2 aromatic carbocycles. The molecule has 0 amide bonds. The van der Waals surface area contributed by atoms with Gasteiger partial charge in [-0.25, -0.2) is 4.98 Å². The third-order valence-electron chi connectivity index (χ3n) is 5.81. The van der Waals surface area contributed by atoms with E-state index < -0.39 is 11.9 Å². The van der Waals surface area contributed by atoms with Crippen LogP contribution in [0.15, 0.2) is 67.0 Å². The molecule has 0 spiro atoms. The largest absolute Gasteiger partial charge is 0.434 e. The number of aromatic nitrogens is 3. The average Bonchev–Trinajstić information content (AvgIpc) is 3.36. The van der Waals surface area contributed by atoms with Gasteiger partial charge in [-0.2, -0.15) is 13.2 Å². The zero-order chi connectivity index (χ0) is 21.6. The number of hydrogen-bond donors (Lipinski definition) is 1. The van der Waals surface area contributed by atoms with E-state index in [1.54, 1.807) is 7.05 Å². The number of alkyl halides is 3. The van der Waals surface area contributed by atoms with Crippen molar-refractivity contribution in [1.82, 2.24) is 14.5 Å². The number of H-pyrrole nitrogens is 1. The zero-order valence-corrected chi connectivity index (χ0v) is 17.1. The Morgan fingerprint density at radius 3 is 2.45 bits per heavy atom. The molecule has 1 N–H and O–H groups in total. The van der Waals surface area contributed by atoms with Gasteiger partial charge < -0.3 is 9.55 Å². The van der Waals surface area contributed by atoms with E-state index in [2.05, 4.69) is 46.5 Å². The van der Waals surface area contributed by atoms with Crippen LogP contribution in [-0.2, 0) is 19.6 Å². The molecule has 1 aliphatic carbocycles. The van der Waals surface area contributed by atoms with E-state index in [0.717, 1.165) is 23.9 Å². The number of hydrogen-bond acceptors (Lipinski definition) is 1. The van der Waals surface area contributed by atoms with Gasteiger partial charge in [0.25, 0.3) is 0 Å². The summed E-state index contributed by atoms with van der Waals surface area (Å²) in [5, 5.41) is 0. The Morgan fingerprint density at radius 2 is 1.77 bits per heavy atom. The van der Waals surface area contributed by atoms with E-state index >= 15 is 0 Å². The second-order valence-corrected chi connectivity index (χ2v) is 8.21. The van der Waals surface area contributed by atoms with E-state index in [9.17, 15) is 13.2 Å². The number of imidazole rings is 1. The summed E-state index contributed by atoms with van der Waals surface area (Å²) in [6.45, 7) is 0. The van der Waals surface area contributed by atoms with Gasteiger partial charge >= 0.3 is 6.18 Å². The highest BCUT2D eigenvalue weighted by Crippen LogP contribution is 2.44. The first kappa shape index (κ1) is 19.7. The summed E-state index contributed by atoms with van der Waals surface area (Å²) in [6, 6.07) is 18.3. The molecule has 31 heavy (non-hydrogen) atoms. The van der Waals surface area contributed by atoms with Crippen LogP contribution in [0.4, 0.5) is 13.2 Å². The molecule has 0 atom stereocenters. The molecule has 2 heterocycles. The maximum absolute atomic E-state index is 12.9. The molecule has 158 valence electrons. The van der Waals surface area contributed by atoms with Gasteiger partial charge in [0.15, 0.2) is 5.69 Å². The molecule has 5 rings (SSSR count). The summed E-state index contributed by atoms with van der Waals surface area (Å²) in [5.74, 6) is 0.990. The quantitative estimate of drug-likeness (QED) is 0.389. The minimum absolute atomic E-state index is 0.303. The topological polar surface area (TPSA) is 33.6 Å². The first-order valence-corrected chi connectivity index (χ1v) is 10.3. The second-order valence-electron chi connectivity index (χ2n) is 8.21. The second kappa shape index (κ2) is 7.45. The van der Waals surface area contributed by atoms with Crippen LogP contribution >= 0.6 is 0 Å². The highest BCUT2D eigenvalue weighted by Gasteiger charge is 2.34. The highest BCUT2D eigenvalue weighted by atomic mass is 19.4. The van der Waals surface area contributed by atoms with Crippen molar-refractivity contribution in [2.45, 2.75) is 31.4 Å². The zero-order valence-electron chi connectivity index (χ0n) is 17.1. The van der Waals surface area contributed by atoms with Crippen molar-refractivity contribution in [2.24, 2.45) is 7.05 Å². The molecule has 4 aromatic rings. The lowest BCUT2D eigenvalue weighted by Gasteiger charge is -2.06. The number of benzene rings is 2. The van der Waals surface area contributed by atoms with Gasteiger partial charge in [-0.3, -0.25) is 0 Å². The van der Waals surface area contributed by atoms with Gasteiger partial charge in [0.2, 0.25) is 0 Å².